The van der Waals surface area contributed by atoms with Gasteiger partial charge in [0.2, 0.25) is 0 Å². The molecule has 0 amide bonds. The van der Waals surface area contributed by atoms with E-state index < -0.39 is 0 Å². The highest BCUT2D eigenvalue weighted by atomic mass is 79.9. The lowest BCUT2D eigenvalue weighted by Gasteiger charge is -1.92. The van der Waals surface area contributed by atoms with Crippen LogP contribution >= 0.6 is 15.9 Å². The fourth-order valence-corrected chi connectivity index (χ4v) is 1.74. The zero-order valence-corrected chi connectivity index (χ0v) is 11.0. The molecule has 1 heteroatoms. The quantitative estimate of drug-likeness (QED) is 0.682. The summed E-state index contributed by atoms with van der Waals surface area (Å²) in [5.74, 6) is 0. The van der Waals surface area contributed by atoms with Crippen molar-refractivity contribution in [1.29, 1.82) is 0 Å². The molecule has 0 bridgehead atoms. The molecular formula is C16H13Br. The van der Waals surface area contributed by atoms with Crippen LogP contribution in [0.3, 0.4) is 0 Å². The second-order valence-electron chi connectivity index (χ2n) is 3.68. The van der Waals surface area contributed by atoms with E-state index in [9.17, 15) is 0 Å². The number of benzene rings is 2. The fourth-order valence-electron chi connectivity index (χ4n) is 1.47. The smallest absolute Gasteiger partial charge is 0.0175 e. The number of hydrogen-bond donors (Lipinski definition) is 0. The third-order valence-electron chi connectivity index (χ3n) is 2.36. The summed E-state index contributed by atoms with van der Waals surface area (Å²) in [4.78, 5) is 0. The molecule has 84 valence electrons. The minimum atomic E-state index is 1.11. The maximum atomic E-state index is 3.42. The standard InChI is InChI=1S/C16H13Br/c17-16-12-10-15(11-13-16)9-5-4-8-14-6-2-1-3-7-14/h1-13H/b8-4-,9-5+. The predicted molar refractivity (Wildman–Crippen MR) is 78.7 cm³/mol. The van der Waals surface area contributed by atoms with Crippen molar-refractivity contribution < 1.29 is 0 Å². The summed E-state index contributed by atoms with van der Waals surface area (Å²) >= 11 is 3.42. The van der Waals surface area contributed by atoms with Gasteiger partial charge in [-0.3, -0.25) is 0 Å². The summed E-state index contributed by atoms with van der Waals surface area (Å²) in [6.45, 7) is 0. The highest BCUT2D eigenvalue weighted by Gasteiger charge is 1.86. The molecule has 0 atom stereocenters. The van der Waals surface area contributed by atoms with Crippen molar-refractivity contribution in [3.8, 4) is 0 Å². The van der Waals surface area contributed by atoms with Crippen LogP contribution in [0.4, 0.5) is 0 Å². The van der Waals surface area contributed by atoms with Gasteiger partial charge in [-0.15, -0.1) is 0 Å². The molecule has 0 N–H and O–H groups in total. The Hall–Kier alpha value is -1.60. The first-order chi connectivity index (χ1) is 8.34. The van der Waals surface area contributed by atoms with Crippen molar-refractivity contribution in [3.63, 3.8) is 0 Å². The Morgan fingerprint density at radius 3 is 1.76 bits per heavy atom. The third kappa shape index (κ3) is 4.04. The van der Waals surface area contributed by atoms with Gasteiger partial charge in [0.25, 0.3) is 0 Å². The molecule has 2 aromatic rings. The second-order valence-corrected chi connectivity index (χ2v) is 4.60. The number of allylic oxidation sites excluding steroid dienone is 2. The molecule has 0 aliphatic carbocycles. The first-order valence-corrected chi connectivity index (χ1v) is 6.29. The molecule has 0 fully saturated rings. The van der Waals surface area contributed by atoms with E-state index in [-0.39, 0.29) is 0 Å². The average Bonchev–Trinajstić information content (AvgIpc) is 2.38. The molecule has 0 radical (unpaired) electrons. The lowest BCUT2D eigenvalue weighted by Crippen LogP contribution is -1.70. The Labute approximate surface area is 110 Å². The molecule has 2 aromatic carbocycles. The van der Waals surface area contributed by atoms with Crippen molar-refractivity contribution in [2.45, 2.75) is 0 Å². The maximum absolute atomic E-state index is 3.42. The van der Waals surface area contributed by atoms with Crippen LogP contribution in [0.2, 0.25) is 0 Å². The number of rotatable bonds is 3. The summed E-state index contributed by atoms with van der Waals surface area (Å²) in [7, 11) is 0. The van der Waals surface area contributed by atoms with Gasteiger partial charge in [-0.25, -0.2) is 0 Å². The third-order valence-corrected chi connectivity index (χ3v) is 2.89. The maximum Gasteiger partial charge on any atom is 0.0175 e. The molecule has 2 rings (SSSR count). The lowest BCUT2D eigenvalue weighted by atomic mass is 10.2. The normalized spacial score (nSPS) is 11.4. The fraction of sp³-hybridized carbons (Fsp3) is 0. The molecule has 0 unspecified atom stereocenters. The van der Waals surface area contributed by atoms with Gasteiger partial charge in [-0.1, -0.05) is 82.7 Å². The van der Waals surface area contributed by atoms with Gasteiger partial charge >= 0.3 is 0 Å². The van der Waals surface area contributed by atoms with Gasteiger partial charge in [0, 0.05) is 4.47 Å². The van der Waals surface area contributed by atoms with Gasteiger partial charge < -0.3 is 0 Å². The van der Waals surface area contributed by atoms with Gasteiger partial charge in [0.15, 0.2) is 0 Å². The van der Waals surface area contributed by atoms with E-state index in [1.54, 1.807) is 0 Å². The van der Waals surface area contributed by atoms with E-state index in [2.05, 4.69) is 64.5 Å². The zero-order chi connectivity index (χ0) is 11.9. The van der Waals surface area contributed by atoms with Crippen molar-refractivity contribution in [1.82, 2.24) is 0 Å². The minimum Gasteiger partial charge on any atom is -0.0622 e. The summed E-state index contributed by atoms with van der Waals surface area (Å²) < 4.78 is 1.11. The Morgan fingerprint density at radius 1 is 0.647 bits per heavy atom. The molecule has 0 aromatic heterocycles. The topological polar surface area (TPSA) is 0 Å². The minimum absolute atomic E-state index is 1.11. The van der Waals surface area contributed by atoms with Gasteiger partial charge in [0.1, 0.15) is 0 Å². The zero-order valence-electron chi connectivity index (χ0n) is 9.38. The molecule has 0 nitrogen and oxygen atoms in total. The van der Waals surface area contributed by atoms with Crippen LogP contribution in [0.1, 0.15) is 11.1 Å². The Bertz CT molecular complexity index is 507. The predicted octanol–water partition coefficient (Wildman–Crippen LogP) is 5.18. The number of hydrogen-bond acceptors (Lipinski definition) is 0. The SMILES string of the molecule is Brc1ccc(/C=C/C=C\c2ccccc2)cc1. The van der Waals surface area contributed by atoms with E-state index in [0.29, 0.717) is 0 Å². The average molecular weight is 285 g/mol. The van der Waals surface area contributed by atoms with E-state index in [1.165, 1.54) is 11.1 Å². The Morgan fingerprint density at radius 2 is 1.18 bits per heavy atom. The van der Waals surface area contributed by atoms with E-state index in [1.807, 2.05) is 30.3 Å². The van der Waals surface area contributed by atoms with E-state index >= 15 is 0 Å². The van der Waals surface area contributed by atoms with E-state index in [4.69, 9.17) is 0 Å². The van der Waals surface area contributed by atoms with Gasteiger partial charge in [-0.05, 0) is 23.3 Å². The Kier molecular flexibility index (Phi) is 4.34. The van der Waals surface area contributed by atoms with Gasteiger partial charge in [-0.2, -0.15) is 0 Å². The van der Waals surface area contributed by atoms with E-state index in [0.717, 1.165) is 4.47 Å². The summed E-state index contributed by atoms with van der Waals surface area (Å²) in [5.41, 5.74) is 2.42. The second kappa shape index (κ2) is 6.21. The van der Waals surface area contributed by atoms with Gasteiger partial charge in [0.05, 0.1) is 0 Å². The Balaban J connectivity index is 1.98. The molecule has 0 saturated heterocycles. The summed E-state index contributed by atoms with van der Waals surface area (Å²) in [6.07, 6.45) is 8.29. The monoisotopic (exact) mass is 284 g/mol. The molecule has 0 spiro atoms. The molecule has 0 heterocycles. The van der Waals surface area contributed by atoms with Crippen LogP contribution in [0.5, 0.6) is 0 Å². The van der Waals surface area contributed by atoms with Crippen LogP contribution in [0.25, 0.3) is 12.2 Å². The lowest BCUT2D eigenvalue weighted by molar-refractivity contribution is 1.61. The molecule has 0 aliphatic rings. The molecule has 0 aliphatic heterocycles. The molecular weight excluding hydrogens is 272 g/mol. The molecule has 0 saturated carbocycles. The largest absolute Gasteiger partial charge is 0.0622 e. The van der Waals surface area contributed by atoms with Crippen LogP contribution < -0.4 is 0 Å². The van der Waals surface area contributed by atoms with Crippen LogP contribution in [-0.4, -0.2) is 0 Å². The summed E-state index contributed by atoms with van der Waals surface area (Å²) in [5, 5.41) is 0. The first-order valence-electron chi connectivity index (χ1n) is 5.50. The van der Waals surface area contributed by atoms with Crippen molar-refractivity contribution in [2.24, 2.45) is 0 Å². The first kappa shape index (κ1) is 11.9. The summed E-state index contributed by atoms with van der Waals surface area (Å²) in [6, 6.07) is 18.5. The van der Waals surface area contributed by atoms with Crippen LogP contribution in [-0.2, 0) is 0 Å². The number of halogens is 1. The highest BCUT2D eigenvalue weighted by Crippen LogP contribution is 2.11. The van der Waals surface area contributed by atoms with Crippen molar-refractivity contribution >= 4 is 28.1 Å². The van der Waals surface area contributed by atoms with Crippen molar-refractivity contribution in [2.75, 3.05) is 0 Å². The van der Waals surface area contributed by atoms with Crippen LogP contribution in [0.15, 0.2) is 71.2 Å². The highest BCUT2D eigenvalue weighted by molar-refractivity contribution is 9.10. The van der Waals surface area contributed by atoms with Crippen molar-refractivity contribution in [3.05, 3.63) is 82.3 Å². The van der Waals surface area contributed by atoms with Crippen LogP contribution in [0, 0.1) is 0 Å². The molecule has 17 heavy (non-hydrogen) atoms.